The van der Waals surface area contributed by atoms with Gasteiger partial charge in [0.1, 0.15) is 16.5 Å². The lowest BCUT2D eigenvalue weighted by Crippen LogP contribution is -2.32. The Labute approximate surface area is 105 Å². The van der Waals surface area contributed by atoms with Gasteiger partial charge in [-0.3, -0.25) is 0 Å². The van der Waals surface area contributed by atoms with Crippen molar-refractivity contribution in [2.45, 2.75) is 38.1 Å². The number of nitrogens with zero attached hydrogens (tertiary/aromatic N) is 1. The molecule has 2 aromatic heterocycles. The van der Waals surface area contributed by atoms with Gasteiger partial charge in [0.05, 0.1) is 5.54 Å². The van der Waals surface area contributed by atoms with E-state index in [1.54, 1.807) is 11.3 Å². The van der Waals surface area contributed by atoms with Gasteiger partial charge in [-0.15, -0.1) is 11.3 Å². The maximum atomic E-state index is 6.39. The normalized spacial score (nSPS) is 18.7. The van der Waals surface area contributed by atoms with Crippen LogP contribution >= 0.6 is 11.3 Å². The van der Waals surface area contributed by atoms with Crippen LogP contribution in [0.15, 0.2) is 21.9 Å². The summed E-state index contributed by atoms with van der Waals surface area (Å²) in [5, 5.41) is 3.10. The number of furan rings is 1. The Kier molecular flexibility index (Phi) is 2.56. The number of hydrogen-bond donors (Lipinski definition) is 1. The van der Waals surface area contributed by atoms with Crippen LogP contribution in [0.25, 0.3) is 11.5 Å². The lowest BCUT2D eigenvalue weighted by molar-refractivity contribution is 0.459. The van der Waals surface area contributed by atoms with E-state index in [0.29, 0.717) is 0 Å². The second-order valence-electron chi connectivity index (χ2n) is 4.81. The largest absolute Gasteiger partial charge is 0.460 e. The van der Waals surface area contributed by atoms with E-state index in [1.807, 2.05) is 24.4 Å². The fourth-order valence-electron chi connectivity index (χ4n) is 2.41. The van der Waals surface area contributed by atoms with Crippen molar-refractivity contribution in [1.82, 2.24) is 4.98 Å². The quantitative estimate of drug-likeness (QED) is 0.885. The highest BCUT2D eigenvalue weighted by molar-refractivity contribution is 7.10. The van der Waals surface area contributed by atoms with Gasteiger partial charge in [-0.05, 0) is 31.9 Å². The number of aromatic nitrogens is 1. The highest BCUT2D eigenvalue weighted by Crippen LogP contribution is 2.39. The summed E-state index contributed by atoms with van der Waals surface area (Å²) in [5.41, 5.74) is 7.12. The molecule has 0 amide bonds. The van der Waals surface area contributed by atoms with Gasteiger partial charge in [0.25, 0.3) is 0 Å². The first-order valence-electron chi connectivity index (χ1n) is 5.99. The zero-order valence-electron chi connectivity index (χ0n) is 9.90. The van der Waals surface area contributed by atoms with Crippen LogP contribution in [-0.4, -0.2) is 4.98 Å². The second kappa shape index (κ2) is 3.96. The van der Waals surface area contributed by atoms with Crippen molar-refractivity contribution < 1.29 is 4.42 Å². The summed E-state index contributed by atoms with van der Waals surface area (Å²) in [5.74, 6) is 1.75. The van der Waals surface area contributed by atoms with Crippen LogP contribution in [0.3, 0.4) is 0 Å². The van der Waals surface area contributed by atoms with Crippen LogP contribution < -0.4 is 5.73 Å². The molecule has 0 aliphatic heterocycles. The number of rotatable bonds is 2. The third kappa shape index (κ3) is 1.91. The zero-order chi connectivity index (χ0) is 11.9. The molecule has 2 N–H and O–H groups in total. The van der Waals surface area contributed by atoms with E-state index in [-0.39, 0.29) is 5.54 Å². The van der Waals surface area contributed by atoms with Gasteiger partial charge >= 0.3 is 0 Å². The molecular formula is C13H16N2OS. The molecule has 2 heterocycles. The molecule has 0 radical (unpaired) electrons. The lowest BCUT2D eigenvalue weighted by Gasteiger charge is -2.19. The van der Waals surface area contributed by atoms with Crippen LogP contribution in [0.5, 0.6) is 0 Å². The summed E-state index contributed by atoms with van der Waals surface area (Å²) >= 11 is 1.65. The Bertz CT molecular complexity index is 523. The third-order valence-electron chi connectivity index (χ3n) is 3.42. The first-order chi connectivity index (χ1) is 8.17. The van der Waals surface area contributed by atoms with Crippen molar-refractivity contribution in [2.75, 3.05) is 0 Å². The van der Waals surface area contributed by atoms with Crippen molar-refractivity contribution in [3.63, 3.8) is 0 Å². The number of nitrogens with two attached hydrogens (primary N) is 1. The molecular weight excluding hydrogens is 232 g/mol. The smallest absolute Gasteiger partial charge is 0.153 e. The van der Waals surface area contributed by atoms with Crippen molar-refractivity contribution in [3.05, 3.63) is 28.3 Å². The molecule has 0 saturated heterocycles. The zero-order valence-corrected chi connectivity index (χ0v) is 10.7. The van der Waals surface area contributed by atoms with Crippen molar-refractivity contribution in [2.24, 2.45) is 5.73 Å². The van der Waals surface area contributed by atoms with Crippen molar-refractivity contribution in [3.8, 4) is 11.5 Å². The molecule has 1 aliphatic carbocycles. The molecule has 2 aromatic rings. The molecule has 17 heavy (non-hydrogen) atoms. The topological polar surface area (TPSA) is 52.0 Å². The van der Waals surface area contributed by atoms with E-state index in [9.17, 15) is 0 Å². The molecule has 0 unspecified atom stereocenters. The van der Waals surface area contributed by atoms with E-state index in [4.69, 9.17) is 10.2 Å². The number of hydrogen-bond acceptors (Lipinski definition) is 4. The van der Waals surface area contributed by atoms with Gasteiger partial charge in [-0.25, -0.2) is 4.98 Å². The van der Waals surface area contributed by atoms with Gasteiger partial charge in [-0.2, -0.15) is 0 Å². The van der Waals surface area contributed by atoms with E-state index in [0.717, 1.165) is 35.1 Å². The van der Waals surface area contributed by atoms with Crippen LogP contribution in [0, 0.1) is 6.92 Å². The number of aryl methyl sites for hydroxylation is 1. The minimum atomic E-state index is -0.190. The molecule has 0 bridgehead atoms. The maximum absolute atomic E-state index is 6.39. The lowest BCUT2D eigenvalue weighted by atomic mass is 10.0. The Hall–Kier alpha value is -1.13. The van der Waals surface area contributed by atoms with E-state index < -0.39 is 0 Å². The van der Waals surface area contributed by atoms with Crippen LogP contribution in [0.1, 0.15) is 36.5 Å². The summed E-state index contributed by atoms with van der Waals surface area (Å²) in [4.78, 5) is 4.65. The summed E-state index contributed by atoms with van der Waals surface area (Å²) in [6.45, 7) is 1.94. The maximum Gasteiger partial charge on any atom is 0.153 e. The molecule has 4 heteroatoms. The van der Waals surface area contributed by atoms with E-state index in [1.165, 1.54) is 12.8 Å². The molecule has 1 saturated carbocycles. The van der Waals surface area contributed by atoms with Crippen LogP contribution in [0.2, 0.25) is 0 Å². The van der Waals surface area contributed by atoms with Gasteiger partial charge in [0.2, 0.25) is 0 Å². The number of thiazole rings is 1. The fourth-order valence-corrected chi connectivity index (χ4v) is 3.39. The average molecular weight is 248 g/mol. The van der Waals surface area contributed by atoms with Gasteiger partial charge in [0.15, 0.2) is 5.76 Å². The highest BCUT2D eigenvalue weighted by atomic mass is 32.1. The molecule has 0 aromatic carbocycles. The minimum Gasteiger partial charge on any atom is -0.460 e. The van der Waals surface area contributed by atoms with E-state index in [2.05, 4.69) is 4.98 Å². The first kappa shape index (κ1) is 11.0. The van der Waals surface area contributed by atoms with E-state index >= 15 is 0 Å². The predicted octanol–water partition coefficient (Wildman–Crippen LogP) is 3.44. The molecule has 90 valence electrons. The second-order valence-corrected chi connectivity index (χ2v) is 5.67. The summed E-state index contributed by atoms with van der Waals surface area (Å²) in [7, 11) is 0. The van der Waals surface area contributed by atoms with Crippen LogP contribution in [0.4, 0.5) is 0 Å². The summed E-state index contributed by atoms with van der Waals surface area (Å²) in [6.07, 6.45) is 4.53. The summed E-state index contributed by atoms with van der Waals surface area (Å²) in [6, 6.07) is 3.92. The first-order valence-corrected chi connectivity index (χ1v) is 6.87. The van der Waals surface area contributed by atoms with Gasteiger partial charge in [-0.1, -0.05) is 12.8 Å². The molecule has 3 nitrogen and oxygen atoms in total. The molecule has 1 fully saturated rings. The molecule has 0 atom stereocenters. The Morgan fingerprint density at radius 2 is 2.12 bits per heavy atom. The fraction of sp³-hybridized carbons (Fsp3) is 0.462. The molecule has 1 aliphatic rings. The van der Waals surface area contributed by atoms with Gasteiger partial charge in [0, 0.05) is 5.38 Å². The SMILES string of the molecule is Cc1ccc(-c2csc(C3(N)CCCC3)n2)o1. The van der Waals surface area contributed by atoms with Crippen molar-refractivity contribution >= 4 is 11.3 Å². The molecule has 3 rings (SSSR count). The highest BCUT2D eigenvalue weighted by Gasteiger charge is 2.34. The Morgan fingerprint density at radius 3 is 2.76 bits per heavy atom. The average Bonchev–Trinajstić information content (AvgIpc) is 2.96. The predicted molar refractivity (Wildman–Crippen MR) is 68.9 cm³/mol. The monoisotopic (exact) mass is 248 g/mol. The standard InChI is InChI=1S/C13H16N2OS/c1-9-4-5-11(16-9)10-8-17-12(15-10)13(14)6-2-3-7-13/h4-5,8H,2-3,6-7,14H2,1H3. The Balaban J connectivity index is 1.92. The summed E-state index contributed by atoms with van der Waals surface area (Å²) < 4.78 is 5.58. The molecule has 0 spiro atoms. The Morgan fingerprint density at radius 1 is 1.35 bits per heavy atom. The van der Waals surface area contributed by atoms with Gasteiger partial charge < -0.3 is 10.2 Å². The minimum absolute atomic E-state index is 0.190. The van der Waals surface area contributed by atoms with Crippen LogP contribution in [-0.2, 0) is 5.54 Å². The third-order valence-corrected chi connectivity index (χ3v) is 4.48. The van der Waals surface area contributed by atoms with Crippen molar-refractivity contribution in [1.29, 1.82) is 0 Å².